The lowest BCUT2D eigenvalue weighted by Gasteiger charge is -2.07. The van der Waals surface area contributed by atoms with E-state index < -0.39 is 11.6 Å². The van der Waals surface area contributed by atoms with Crippen LogP contribution in [-0.2, 0) is 17.6 Å². The van der Waals surface area contributed by atoms with Crippen LogP contribution < -0.4 is 5.32 Å². The van der Waals surface area contributed by atoms with E-state index in [0.29, 0.717) is 17.4 Å². The number of aryl methyl sites for hydroxylation is 1. The summed E-state index contributed by atoms with van der Waals surface area (Å²) in [6, 6.07) is 7.85. The number of hydrogen-bond acceptors (Lipinski definition) is 1. The molecule has 1 amide bonds. The molecule has 0 heterocycles. The maximum Gasteiger partial charge on any atom is 0.220 e. The van der Waals surface area contributed by atoms with Crippen molar-refractivity contribution in [3.8, 4) is 0 Å². The minimum Gasteiger partial charge on any atom is -0.356 e. The standard InChI is InChI=1S/C17H15BrF3NO/c18-14-9-11(1-4-16(14)21)7-8-22-17(23)6-2-12-10-13(19)3-5-15(12)20/h1,3-5,9-10H,2,6-8H2,(H,22,23). The summed E-state index contributed by atoms with van der Waals surface area (Å²) in [7, 11) is 0. The van der Waals surface area contributed by atoms with Crippen molar-refractivity contribution in [1.29, 1.82) is 0 Å². The van der Waals surface area contributed by atoms with Crippen LogP contribution in [0.15, 0.2) is 40.9 Å². The Morgan fingerprint density at radius 3 is 2.48 bits per heavy atom. The van der Waals surface area contributed by atoms with Crippen LogP contribution in [0.4, 0.5) is 13.2 Å². The highest BCUT2D eigenvalue weighted by molar-refractivity contribution is 9.10. The highest BCUT2D eigenvalue weighted by Gasteiger charge is 2.07. The number of halogens is 4. The van der Waals surface area contributed by atoms with Crippen molar-refractivity contribution in [1.82, 2.24) is 5.32 Å². The van der Waals surface area contributed by atoms with E-state index >= 15 is 0 Å². The van der Waals surface area contributed by atoms with E-state index in [0.717, 1.165) is 23.8 Å². The normalized spacial score (nSPS) is 10.6. The minimum absolute atomic E-state index is 0.0769. The molecule has 0 bridgehead atoms. The molecule has 0 saturated heterocycles. The Kier molecular flexibility index (Phi) is 6.21. The summed E-state index contributed by atoms with van der Waals surface area (Å²) in [5, 5.41) is 2.71. The molecule has 2 rings (SSSR count). The van der Waals surface area contributed by atoms with E-state index in [9.17, 15) is 18.0 Å². The monoisotopic (exact) mass is 385 g/mol. The Balaban J connectivity index is 1.77. The molecular formula is C17H15BrF3NO. The zero-order valence-electron chi connectivity index (χ0n) is 12.2. The number of amides is 1. The molecule has 0 aliphatic rings. The van der Waals surface area contributed by atoms with E-state index in [1.54, 1.807) is 12.1 Å². The molecule has 0 radical (unpaired) electrons. The van der Waals surface area contributed by atoms with E-state index in [1.165, 1.54) is 6.07 Å². The second-order valence-corrected chi connectivity index (χ2v) is 5.94. The SMILES string of the molecule is O=C(CCc1cc(F)ccc1F)NCCc1ccc(F)c(Br)c1. The van der Waals surface area contributed by atoms with Crippen molar-refractivity contribution >= 4 is 21.8 Å². The summed E-state index contributed by atoms with van der Waals surface area (Å²) >= 11 is 3.10. The topological polar surface area (TPSA) is 29.1 Å². The highest BCUT2D eigenvalue weighted by atomic mass is 79.9. The van der Waals surface area contributed by atoms with Gasteiger partial charge >= 0.3 is 0 Å². The van der Waals surface area contributed by atoms with E-state index in [-0.39, 0.29) is 30.1 Å². The van der Waals surface area contributed by atoms with Crippen LogP contribution in [-0.4, -0.2) is 12.5 Å². The summed E-state index contributed by atoms with van der Waals surface area (Å²) in [6.07, 6.45) is 0.768. The Morgan fingerprint density at radius 1 is 1.00 bits per heavy atom. The van der Waals surface area contributed by atoms with Crippen LogP contribution >= 0.6 is 15.9 Å². The van der Waals surface area contributed by atoms with Gasteiger partial charge in [0.2, 0.25) is 5.91 Å². The van der Waals surface area contributed by atoms with Crippen molar-refractivity contribution in [2.75, 3.05) is 6.54 Å². The number of nitrogens with one attached hydrogen (secondary N) is 1. The summed E-state index contributed by atoms with van der Waals surface area (Å²) in [6.45, 7) is 0.391. The van der Waals surface area contributed by atoms with Gasteiger partial charge in [0.25, 0.3) is 0 Å². The highest BCUT2D eigenvalue weighted by Crippen LogP contribution is 2.17. The van der Waals surface area contributed by atoms with Gasteiger partial charge in [-0.2, -0.15) is 0 Å². The van der Waals surface area contributed by atoms with Crippen LogP contribution in [0.3, 0.4) is 0 Å². The third kappa shape index (κ3) is 5.39. The molecule has 1 N–H and O–H groups in total. The van der Waals surface area contributed by atoms with Gasteiger partial charge in [-0.1, -0.05) is 6.07 Å². The zero-order chi connectivity index (χ0) is 16.8. The Bertz CT molecular complexity index is 706. The fourth-order valence-corrected chi connectivity index (χ4v) is 2.54. The predicted octanol–water partition coefficient (Wildman–Crippen LogP) is 4.16. The van der Waals surface area contributed by atoms with Crippen LogP contribution in [0.25, 0.3) is 0 Å². The zero-order valence-corrected chi connectivity index (χ0v) is 13.8. The second kappa shape index (κ2) is 8.15. The fourth-order valence-electron chi connectivity index (χ4n) is 2.11. The maximum atomic E-state index is 13.4. The van der Waals surface area contributed by atoms with Crippen molar-refractivity contribution in [2.45, 2.75) is 19.3 Å². The molecule has 2 nitrogen and oxygen atoms in total. The van der Waals surface area contributed by atoms with Gasteiger partial charge in [-0.25, -0.2) is 13.2 Å². The lowest BCUT2D eigenvalue weighted by molar-refractivity contribution is -0.121. The number of hydrogen-bond donors (Lipinski definition) is 1. The fraction of sp³-hybridized carbons (Fsp3) is 0.235. The van der Waals surface area contributed by atoms with Crippen LogP contribution in [0.5, 0.6) is 0 Å². The third-order valence-corrected chi connectivity index (χ3v) is 3.96. The number of carbonyl (C=O) groups is 1. The lowest BCUT2D eigenvalue weighted by atomic mass is 10.1. The Hall–Kier alpha value is -1.82. The smallest absolute Gasteiger partial charge is 0.220 e. The van der Waals surface area contributed by atoms with Gasteiger partial charge in [-0.05, 0) is 70.2 Å². The molecular weight excluding hydrogens is 371 g/mol. The molecule has 0 fully saturated rings. The average molecular weight is 386 g/mol. The van der Waals surface area contributed by atoms with E-state index in [2.05, 4.69) is 21.2 Å². The molecule has 2 aromatic carbocycles. The molecule has 0 atom stereocenters. The Morgan fingerprint density at radius 2 is 1.74 bits per heavy atom. The molecule has 0 aliphatic carbocycles. The van der Waals surface area contributed by atoms with Gasteiger partial charge in [-0.15, -0.1) is 0 Å². The summed E-state index contributed by atoms with van der Waals surface area (Å²) in [5.74, 6) is -1.62. The van der Waals surface area contributed by atoms with Crippen molar-refractivity contribution in [3.05, 3.63) is 69.4 Å². The maximum absolute atomic E-state index is 13.4. The molecule has 0 saturated carbocycles. The molecule has 6 heteroatoms. The average Bonchev–Trinajstić information content (AvgIpc) is 2.52. The van der Waals surface area contributed by atoms with Crippen LogP contribution in [0.1, 0.15) is 17.5 Å². The Labute approximate surface area is 140 Å². The van der Waals surface area contributed by atoms with Crippen molar-refractivity contribution in [3.63, 3.8) is 0 Å². The van der Waals surface area contributed by atoms with E-state index in [4.69, 9.17) is 0 Å². The predicted molar refractivity (Wildman–Crippen MR) is 85.5 cm³/mol. The largest absolute Gasteiger partial charge is 0.356 e. The van der Waals surface area contributed by atoms with Gasteiger partial charge in [0, 0.05) is 13.0 Å². The minimum atomic E-state index is -0.524. The first-order valence-electron chi connectivity index (χ1n) is 7.10. The summed E-state index contributed by atoms with van der Waals surface area (Å²) in [4.78, 5) is 11.7. The lowest BCUT2D eigenvalue weighted by Crippen LogP contribution is -2.26. The molecule has 23 heavy (non-hydrogen) atoms. The van der Waals surface area contributed by atoms with E-state index in [1.807, 2.05) is 0 Å². The molecule has 0 spiro atoms. The first-order valence-corrected chi connectivity index (χ1v) is 7.89. The van der Waals surface area contributed by atoms with Crippen LogP contribution in [0, 0.1) is 17.5 Å². The first-order chi connectivity index (χ1) is 11.0. The third-order valence-electron chi connectivity index (χ3n) is 3.35. The quantitative estimate of drug-likeness (QED) is 0.794. The van der Waals surface area contributed by atoms with Gasteiger partial charge in [0.05, 0.1) is 4.47 Å². The van der Waals surface area contributed by atoms with Gasteiger partial charge in [-0.3, -0.25) is 4.79 Å². The second-order valence-electron chi connectivity index (χ2n) is 5.08. The molecule has 0 unspecified atom stereocenters. The summed E-state index contributed by atoms with van der Waals surface area (Å²) < 4.78 is 39.9. The molecule has 2 aromatic rings. The van der Waals surface area contributed by atoms with Gasteiger partial charge in [0.15, 0.2) is 0 Å². The van der Waals surface area contributed by atoms with Crippen molar-refractivity contribution in [2.24, 2.45) is 0 Å². The number of carbonyl (C=O) groups excluding carboxylic acids is 1. The van der Waals surface area contributed by atoms with Gasteiger partial charge < -0.3 is 5.32 Å². The molecule has 0 aromatic heterocycles. The summed E-state index contributed by atoms with van der Waals surface area (Å²) in [5.41, 5.74) is 1.07. The number of rotatable bonds is 6. The first kappa shape index (κ1) is 17.5. The molecule has 0 aliphatic heterocycles. The molecule has 122 valence electrons. The van der Waals surface area contributed by atoms with Crippen molar-refractivity contribution < 1.29 is 18.0 Å². The number of benzene rings is 2. The van der Waals surface area contributed by atoms with Gasteiger partial charge in [0.1, 0.15) is 17.5 Å². The van der Waals surface area contributed by atoms with Crippen LogP contribution in [0.2, 0.25) is 0 Å².